The van der Waals surface area contributed by atoms with Gasteiger partial charge in [0.25, 0.3) is 0 Å². The SMILES string of the molecule is CN(C)CCn1nc(-c2ccc(CN(C)C)cc2)nc1C1CN(C)CCN(C)C1. The average Bonchev–Trinajstić information content (AvgIpc) is 3.00. The Morgan fingerprint density at radius 3 is 2.10 bits per heavy atom. The van der Waals surface area contributed by atoms with Crippen molar-refractivity contribution in [2.75, 3.05) is 75.0 Å². The maximum absolute atomic E-state index is 5.05. The number of rotatable bonds is 7. The Kier molecular flexibility index (Phi) is 7.40. The Hall–Kier alpha value is -1.80. The van der Waals surface area contributed by atoms with Crippen molar-refractivity contribution in [1.82, 2.24) is 34.4 Å². The quantitative estimate of drug-likeness (QED) is 0.704. The highest BCUT2D eigenvalue weighted by Gasteiger charge is 2.26. The van der Waals surface area contributed by atoms with Crippen LogP contribution in [0.5, 0.6) is 0 Å². The van der Waals surface area contributed by atoms with Crippen LogP contribution in [0.2, 0.25) is 0 Å². The lowest BCUT2D eigenvalue weighted by Crippen LogP contribution is -2.28. The fourth-order valence-corrected chi connectivity index (χ4v) is 3.86. The zero-order valence-electron chi connectivity index (χ0n) is 19.0. The summed E-state index contributed by atoms with van der Waals surface area (Å²) in [5.74, 6) is 2.31. The van der Waals surface area contributed by atoms with Crippen LogP contribution in [0.4, 0.5) is 0 Å². The third-order valence-electron chi connectivity index (χ3n) is 5.46. The van der Waals surface area contributed by atoms with Crippen molar-refractivity contribution in [2.45, 2.75) is 19.0 Å². The van der Waals surface area contributed by atoms with Gasteiger partial charge in [-0.3, -0.25) is 0 Å². The molecular formula is C22H37N7. The second-order valence-corrected chi connectivity index (χ2v) is 8.98. The molecule has 1 aromatic carbocycles. The van der Waals surface area contributed by atoms with Crippen LogP contribution in [-0.2, 0) is 13.1 Å². The van der Waals surface area contributed by atoms with Crippen LogP contribution < -0.4 is 0 Å². The van der Waals surface area contributed by atoms with E-state index in [0.717, 1.165) is 63.0 Å². The standard InChI is InChI=1S/C22H37N7/c1-25(2)11-14-29-22(20-16-27(5)12-13-28(6)17-20)23-21(24-29)19-9-7-18(8-10-19)15-26(3)4/h7-10,20H,11-17H2,1-6H3. The minimum atomic E-state index is 0.365. The molecule has 0 aliphatic carbocycles. The normalized spacial score (nSPS) is 17.4. The van der Waals surface area contributed by atoms with E-state index >= 15 is 0 Å². The predicted molar refractivity (Wildman–Crippen MR) is 119 cm³/mol. The van der Waals surface area contributed by atoms with E-state index in [9.17, 15) is 0 Å². The summed E-state index contributed by atoms with van der Waals surface area (Å²) in [7, 11) is 12.8. The molecule has 1 aliphatic rings. The molecule has 7 heteroatoms. The summed E-state index contributed by atoms with van der Waals surface area (Å²) in [5, 5.41) is 4.93. The van der Waals surface area contributed by atoms with Gasteiger partial charge < -0.3 is 19.6 Å². The van der Waals surface area contributed by atoms with Crippen molar-refractivity contribution in [3.05, 3.63) is 35.7 Å². The van der Waals surface area contributed by atoms with Gasteiger partial charge >= 0.3 is 0 Å². The van der Waals surface area contributed by atoms with Crippen LogP contribution in [0.15, 0.2) is 24.3 Å². The van der Waals surface area contributed by atoms with Gasteiger partial charge in [0.05, 0.1) is 6.54 Å². The largest absolute Gasteiger partial charge is 0.308 e. The predicted octanol–water partition coefficient (Wildman–Crippen LogP) is 1.53. The van der Waals surface area contributed by atoms with E-state index in [0.29, 0.717) is 5.92 Å². The number of benzene rings is 1. The lowest BCUT2D eigenvalue weighted by Gasteiger charge is -2.21. The van der Waals surface area contributed by atoms with E-state index in [1.54, 1.807) is 0 Å². The van der Waals surface area contributed by atoms with Gasteiger partial charge in [0.2, 0.25) is 0 Å². The van der Waals surface area contributed by atoms with E-state index in [-0.39, 0.29) is 0 Å². The number of nitrogens with zero attached hydrogens (tertiary/aromatic N) is 7. The van der Waals surface area contributed by atoms with E-state index in [1.807, 2.05) is 0 Å². The summed E-state index contributed by atoms with van der Waals surface area (Å²) in [6, 6.07) is 8.67. The van der Waals surface area contributed by atoms with Gasteiger partial charge in [0, 0.05) is 50.7 Å². The molecule has 1 saturated heterocycles. The van der Waals surface area contributed by atoms with Crippen LogP contribution in [0.3, 0.4) is 0 Å². The first-order valence-corrected chi connectivity index (χ1v) is 10.5. The zero-order chi connectivity index (χ0) is 21.0. The monoisotopic (exact) mass is 399 g/mol. The molecule has 1 aliphatic heterocycles. The highest BCUT2D eigenvalue weighted by Crippen LogP contribution is 2.23. The Bertz CT molecular complexity index is 754. The Morgan fingerprint density at radius 2 is 1.55 bits per heavy atom. The van der Waals surface area contributed by atoms with Crippen LogP contribution in [-0.4, -0.2) is 109 Å². The van der Waals surface area contributed by atoms with Crippen LogP contribution in [0.25, 0.3) is 11.4 Å². The topological polar surface area (TPSA) is 43.7 Å². The molecule has 1 fully saturated rings. The highest BCUT2D eigenvalue weighted by atomic mass is 15.4. The number of hydrogen-bond donors (Lipinski definition) is 0. The van der Waals surface area contributed by atoms with E-state index in [1.165, 1.54) is 5.56 Å². The Morgan fingerprint density at radius 1 is 0.931 bits per heavy atom. The minimum Gasteiger partial charge on any atom is -0.308 e. The van der Waals surface area contributed by atoms with E-state index in [2.05, 4.69) is 90.8 Å². The first-order chi connectivity index (χ1) is 13.8. The fraction of sp³-hybridized carbons (Fsp3) is 0.636. The molecule has 0 spiro atoms. The third-order valence-corrected chi connectivity index (χ3v) is 5.46. The highest BCUT2D eigenvalue weighted by molar-refractivity contribution is 5.55. The molecule has 2 aromatic rings. The van der Waals surface area contributed by atoms with Crippen molar-refractivity contribution >= 4 is 0 Å². The lowest BCUT2D eigenvalue weighted by molar-refractivity contribution is 0.320. The fourth-order valence-electron chi connectivity index (χ4n) is 3.86. The van der Waals surface area contributed by atoms with Gasteiger partial charge in [-0.1, -0.05) is 24.3 Å². The van der Waals surface area contributed by atoms with Crippen molar-refractivity contribution in [1.29, 1.82) is 0 Å². The number of aromatic nitrogens is 3. The van der Waals surface area contributed by atoms with E-state index in [4.69, 9.17) is 10.1 Å². The van der Waals surface area contributed by atoms with Gasteiger partial charge in [-0.05, 0) is 47.8 Å². The van der Waals surface area contributed by atoms with Gasteiger partial charge in [0.15, 0.2) is 5.82 Å². The Balaban J connectivity index is 1.89. The molecule has 0 radical (unpaired) electrons. The average molecular weight is 400 g/mol. The summed E-state index contributed by atoms with van der Waals surface area (Å²) < 4.78 is 2.14. The summed E-state index contributed by atoms with van der Waals surface area (Å²) in [5.41, 5.74) is 2.39. The molecule has 0 saturated carbocycles. The minimum absolute atomic E-state index is 0.365. The maximum Gasteiger partial charge on any atom is 0.181 e. The second-order valence-electron chi connectivity index (χ2n) is 8.98. The van der Waals surface area contributed by atoms with Gasteiger partial charge in [-0.2, -0.15) is 5.10 Å². The molecule has 0 bridgehead atoms. The van der Waals surface area contributed by atoms with E-state index < -0.39 is 0 Å². The lowest BCUT2D eigenvalue weighted by atomic mass is 10.1. The van der Waals surface area contributed by atoms with Gasteiger partial charge in [0.1, 0.15) is 5.82 Å². The molecule has 3 rings (SSSR count). The first-order valence-electron chi connectivity index (χ1n) is 10.5. The first kappa shape index (κ1) is 21.9. The molecular weight excluding hydrogens is 362 g/mol. The molecule has 0 N–H and O–H groups in total. The van der Waals surface area contributed by atoms with Crippen molar-refractivity contribution in [3.63, 3.8) is 0 Å². The smallest absolute Gasteiger partial charge is 0.181 e. The van der Waals surface area contributed by atoms with Gasteiger partial charge in [-0.25, -0.2) is 9.67 Å². The maximum atomic E-state index is 5.05. The van der Waals surface area contributed by atoms with Crippen LogP contribution in [0.1, 0.15) is 17.3 Å². The molecule has 2 heterocycles. The number of likely N-dealkylation sites (N-methyl/N-ethyl adjacent to an activating group) is 3. The summed E-state index contributed by atoms with van der Waals surface area (Å²) in [6.07, 6.45) is 0. The summed E-state index contributed by atoms with van der Waals surface area (Å²) >= 11 is 0. The Labute approximate surface area is 175 Å². The molecule has 0 atom stereocenters. The van der Waals surface area contributed by atoms with Crippen molar-refractivity contribution < 1.29 is 0 Å². The second kappa shape index (κ2) is 9.80. The zero-order valence-corrected chi connectivity index (χ0v) is 19.0. The van der Waals surface area contributed by atoms with Crippen molar-refractivity contribution in [2.24, 2.45) is 0 Å². The molecule has 0 amide bonds. The van der Waals surface area contributed by atoms with Crippen LogP contribution >= 0.6 is 0 Å². The number of hydrogen-bond acceptors (Lipinski definition) is 6. The molecule has 1 aromatic heterocycles. The molecule has 160 valence electrons. The van der Waals surface area contributed by atoms with Crippen molar-refractivity contribution in [3.8, 4) is 11.4 Å². The molecule has 7 nitrogen and oxygen atoms in total. The van der Waals surface area contributed by atoms with Gasteiger partial charge in [-0.15, -0.1) is 0 Å². The molecule has 0 unspecified atom stereocenters. The third kappa shape index (κ3) is 6.09. The summed E-state index contributed by atoms with van der Waals surface area (Å²) in [4.78, 5) is 14.3. The van der Waals surface area contributed by atoms with Crippen LogP contribution in [0, 0.1) is 0 Å². The molecule has 29 heavy (non-hydrogen) atoms. The summed E-state index contributed by atoms with van der Waals surface area (Å²) in [6.45, 7) is 6.99.